The van der Waals surface area contributed by atoms with Gasteiger partial charge < -0.3 is 14.4 Å². The number of methoxy groups -OCH3 is 2. The average Bonchev–Trinajstić information content (AvgIpc) is 3.23. The Balaban J connectivity index is 1.73. The highest BCUT2D eigenvalue weighted by Gasteiger charge is 2.34. The molecule has 1 aliphatic rings. The first-order valence-corrected chi connectivity index (χ1v) is 9.54. The van der Waals surface area contributed by atoms with Crippen LogP contribution in [0.1, 0.15) is 40.4 Å². The fourth-order valence-electron chi connectivity index (χ4n) is 3.91. The molecule has 1 amide bonds. The molecule has 0 aliphatic carbocycles. The van der Waals surface area contributed by atoms with Gasteiger partial charge in [0.25, 0.3) is 11.5 Å². The lowest BCUT2D eigenvalue weighted by molar-refractivity contribution is 0.0731. The molecular formula is C22H23N3O4. The molecule has 0 bridgehead atoms. The van der Waals surface area contributed by atoms with Gasteiger partial charge in [0.05, 0.1) is 20.3 Å². The summed E-state index contributed by atoms with van der Waals surface area (Å²) in [6.07, 6.45) is 4.74. The van der Waals surface area contributed by atoms with Gasteiger partial charge in [0, 0.05) is 30.6 Å². The number of carbonyl (C=O) groups excluding carboxylic acids is 1. The second-order valence-corrected chi connectivity index (χ2v) is 7.18. The van der Waals surface area contributed by atoms with Crippen LogP contribution >= 0.6 is 0 Å². The van der Waals surface area contributed by atoms with E-state index in [1.165, 1.54) is 10.6 Å². The lowest BCUT2D eigenvalue weighted by Gasteiger charge is -2.26. The Hall–Kier alpha value is -3.35. The van der Waals surface area contributed by atoms with Crippen molar-refractivity contribution >= 4 is 11.6 Å². The molecular weight excluding hydrogens is 370 g/mol. The number of hydrogen-bond acceptors (Lipinski definition) is 5. The smallest absolute Gasteiger partial charge is 0.270 e. The standard InChI is InChI=1S/C22H23N3O4/c1-14-6-9-20-23-12-17(22(27)25(20)13-14)21(26)24-10-4-5-18(24)16-8-7-15(28-2)11-19(16)29-3/h6-9,11-13,18H,4-5,10H2,1-3H3. The first kappa shape index (κ1) is 19.0. The SMILES string of the molecule is COc1ccc(C2CCCN2C(=O)c2cnc3ccc(C)cn3c2=O)c(OC)c1. The molecule has 1 aliphatic heterocycles. The van der Waals surface area contributed by atoms with Gasteiger partial charge in [0.15, 0.2) is 0 Å². The number of likely N-dealkylation sites (tertiary alicyclic amines) is 1. The summed E-state index contributed by atoms with van der Waals surface area (Å²) in [5, 5.41) is 0. The van der Waals surface area contributed by atoms with Crippen molar-refractivity contribution in [3.8, 4) is 11.5 Å². The first-order valence-electron chi connectivity index (χ1n) is 9.54. The van der Waals surface area contributed by atoms with Crippen molar-refractivity contribution < 1.29 is 14.3 Å². The Morgan fingerprint density at radius 1 is 1.17 bits per heavy atom. The van der Waals surface area contributed by atoms with Crippen LogP contribution in [0, 0.1) is 6.92 Å². The number of hydrogen-bond donors (Lipinski definition) is 0. The van der Waals surface area contributed by atoms with Crippen LogP contribution in [0.15, 0.2) is 47.5 Å². The Morgan fingerprint density at radius 3 is 2.76 bits per heavy atom. The molecule has 7 nitrogen and oxygen atoms in total. The van der Waals surface area contributed by atoms with Gasteiger partial charge in [0.2, 0.25) is 0 Å². The fraction of sp³-hybridized carbons (Fsp3) is 0.318. The number of fused-ring (bicyclic) bond motifs is 1. The normalized spacial score (nSPS) is 16.2. The number of aryl methyl sites for hydroxylation is 1. The van der Waals surface area contributed by atoms with Crippen LogP contribution in [-0.2, 0) is 0 Å². The van der Waals surface area contributed by atoms with Crippen molar-refractivity contribution in [1.82, 2.24) is 14.3 Å². The van der Waals surface area contributed by atoms with Crippen molar-refractivity contribution in [2.75, 3.05) is 20.8 Å². The molecule has 2 aromatic heterocycles. The topological polar surface area (TPSA) is 73.1 Å². The molecule has 0 N–H and O–H groups in total. The monoisotopic (exact) mass is 393 g/mol. The van der Waals surface area contributed by atoms with Crippen LogP contribution in [0.4, 0.5) is 0 Å². The third-order valence-corrected chi connectivity index (χ3v) is 5.39. The van der Waals surface area contributed by atoms with E-state index in [9.17, 15) is 9.59 Å². The number of rotatable bonds is 4. The summed E-state index contributed by atoms with van der Waals surface area (Å²) in [6, 6.07) is 9.07. The number of benzene rings is 1. The summed E-state index contributed by atoms with van der Waals surface area (Å²) in [7, 11) is 3.20. The number of aromatic nitrogens is 2. The van der Waals surface area contributed by atoms with Crippen molar-refractivity contribution in [2.45, 2.75) is 25.8 Å². The van der Waals surface area contributed by atoms with Gasteiger partial charge >= 0.3 is 0 Å². The maximum Gasteiger partial charge on any atom is 0.270 e. The predicted molar refractivity (Wildman–Crippen MR) is 109 cm³/mol. The van der Waals surface area contributed by atoms with Crippen LogP contribution in [-0.4, -0.2) is 41.0 Å². The Labute approximate surface area is 168 Å². The third-order valence-electron chi connectivity index (χ3n) is 5.39. The summed E-state index contributed by atoms with van der Waals surface area (Å²) in [5.41, 5.74) is 2.08. The van der Waals surface area contributed by atoms with Crippen molar-refractivity contribution in [3.05, 3.63) is 69.8 Å². The third kappa shape index (κ3) is 3.33. The molecule has 0 spiro atoms. The van der Waals surface area contributed by atoms with E-state index in [2.05, 4.69) is 4.98 Å². The van der Waals surface area contributed by atoms with Gasteiger partial charge in [-0.1, -0.05) is 6.07 Å². The fourth-order valence-corrected chi connectivity index (χ4v) is 3.91. The zero-order valence-electron chi connectivity index (χ0n) is 16.7. The van der Waals surface area contributed by atoms with Crippen LogP contribution in [0.2, 0.25) is 0 Å². The van der Waals surface area contributed by atoms with E-state index in [1.54, 1.807) is 31.4 Å². The van der Waals surface area contributed by atoms with Gasteiger partial charge in [-0.15, -0.1) is 0 Å². The van der Waals surface area contributed by atoms with Gasteiger partial charge in [-0.2, -0.15) is 0 Å². The van der Waals surface area contributed by atoms with Gasteiger partial charge in [-0.25, -0.2) is 4.98 Å². The molecule has 1 aromatic carbocycles. The van der Waals surface area contributed by atoms with E-state index in [-0.39, 0.29) is 23.1 Å². The van der Waals surface area contributed by atoms with Gasteiger partial charge in [0.1, 0.15) is 22.7 Å². The molecule has 29 heavy (non-hydrogen) atoms. The quantitative estimate of drug-likeness (QED) is 0.681. The minimum atomic E-state index is -0.351. The Morgan fingerprint density at radius 2 is 2.00 bits per heavy atom. The molecule has 7 heteroatoms. The molecule has 0 radical (unpaired) electrons. The highest BCUT2D eigenvalue weighted by Crippen LogP contribution is 2.39. The zero-order chi connectivity index (χ0) is 20.5. The van der Waals surface area contributed by atoms with Crippen LogP contribution in [0.5, 0.6) is 11.5 Å². The highest BCUT2D eigenvalue weighted by atomic mass is 16.5. The largest absolute Gasteiger partial charge is 0.497 e. The highest BCUT2D eigenvalue weighted by molar-refractivity contribution is 5.94. The lowest BCUT2D eigenvalue weighted by Crippen LogP contribution is -2.35. The van der Waals surface area contributed by atoms with E-state index in [0.29, 0.717) is 23.7 Å². The first-order chi connectivity index (χ1) is 14.0. The maximum absolute atomic E-state index is 13.3. The second kappa shape index (κ2) is 7.58. The van der Waals surface area contributed by atoms with Gasteiger partial charge in [-0.3, -0.25) is 14.0 Å². The van der Waals surface area contributed by atoms with E-state index >= 15 is 0 Å². The summed E-state index contributed by atoms with van der Waals surface area (Å²) >= 11 is 0. The second-order valence-electron chi connectivity index (χ2n) is 7.18. The maximum atomic E-state index is 13.3. The summed E-state index contributed by atoms with van der Waals surface area (Å²) in [5.74, 6) is 1.05. The van der Waals surface area contributed by atoms with Crippen LogP contribution in [0.3, 0.4) is 0 Å². The Bertz CT molecular complexity index is 1140. The molecule has 4 rings (SSSR count). The molecule has 3 heterocycles. The molecule has 1 saturated heterocycles. The van der Waals surface area contributed by atoms with E-state index in [0.717, 1.165) is 24.0 Å². The van der Waals surface area contributed by atoms with Crippen molar-refractivity contribution in [2.24, 2.45) is 0 Å². The predicted octanol–water partition coefficient (Wildman–Crippen LogP) is 3.00. The average molecular weight is 393 g/mol. The number of pyridine rings is 1. The van der Waals surface area contributed by atoms with E-state index < -0.39 is 0 Å². The molecule has 150 valence electrons. The number of nitrogens with zero attached hydrogens (tertiary/aromatic N) is 3. The number of ether oxygens (including phenoxy) is 2. The minimum absolute atomic E-state index is 0.0764. The summed E-state index contributed by atoms with van der Waals surface area (Å²) in [6.45, 7) is 2.47. The summed E-state index contributed by atoms with van der Waals surface area (Å²) in [4.78, 5) is 32.3. The van der Waals surface area contributed by atoms with Crippen molar-refractivity contribution in [3.63, 3.8) is 0 Å². The Kier molecular flexibility index (Phi) is 4.96. The van der Waals surface area contributed by atoms with Gasteiger partial charge in [-0.05, 0) is 43.5 Å². The van der Waals surface area contributed by atoms with Crippen LogP contribution < -0.4 is 15.0 Å². The summed E-state index contributed by atoms with van der Waals surface area (Å²) < 4.78 is 12.2. The number of amides is 1. The molecule has 1 unspecified atom stereocenters. The zero-order valence-corrected chi connectivity index (χ0v) is 16.7. The van der Waals surface area contributed by atoms with Crippen molar-refractivity contribution in [1.29, 1.82) is 0 Å². The van der Waals surface area contributed by atoms with E-state index in [4.69, 9.17) is 9.47 Å². The molecule has 1 atom stereocenters. The van der Waals surface area contributed by atoms with E-state index in [1.807, 2.05) is 31.2 Å². The van der Waals surface area contributed by atoms with Crippen LogP contribution in [0.25, 0.3) is 5.65 Å². The minimum Gasteiger partial charge on any atom is -0.497 e. The molecule has 1 fully saturated rings. The molecule has 0 saturated carbocycles. The molecule has 3 aromatic rings. The lowest BCUT2D eigenvalue weighted by atomic mass is 10.0. The number of carbonyl (C=O) groups is 1.